The molecule has 0 radical (unpaired) electrons. The number of amides is 1. The van der Waals surface area contributed by atoms with E-state index in [1.165, 1.54) is 7.05 Å². The molecule has 0 unspecified atom stereocenters. The van der Waals surface area contributed by atoms with Crippen LogP contribution >= 0.6 is 34.8 Å². The third-order valence-corrected chi connectivity index (χ3v) is 5.15. The van der Waals surface area contributed by atoms with E-state index in [9.17, 15) is 9.59 Å². The highest BCUT2D eigenvalue weighted by molar-refractivity contribution is 6.49. The van der Waals surface area contributed by atoms with Crippen LogP contribution < -0.4 is 5.32 Å². The minimum atomic E-state index is -0.644. The van der Waals surface area contributed by atoms with Crippen molar-refractivity contribution in [3.05, 3.63) is 63.1 Å². The minimum Gasteiger partial charge on any atom is -0.452 e. The van der Waals surface area contributed by atoms with Crippen molar-refractivity contribution in [3.63, 3.8) is 0 Å². The summed E-state index contributed by atoms with van der Waals surface area (Å²) in [7, 11) is 1.46. The van der Waals surface area contributed by atoms with Gasteiger partial charge < -0.3 is 10.1 Å². The molecular weight excluding hydrogens is 411 g/mol. The lowest BCUT2D eigenvalue weighted by molar-refractivity contribution is -0.123. The Balaban J connectivity index is 2.13. The van der Waals surface area contributed by atoms with E-state index in [4.69, 9.17) is 39.5 Å². The Morgan fingerprint density at radius 2 is 1.81 bits per heavy atom. The summed E-state index contributed by atoms with van der Waals surface area (Å²) in [5, 5.41) is 3.74. The maximum absolute atomic E-state index is 12.6. The fourth-order valence-electron chi connectivity index (χ4n) is 2.49. The number of fused-ring (bicyclic) bond motifs is 1. The van der Waals surface area contributed by atoms with Crippen LogP contribution in [0.4, 0.5) is 0 Å². The number of hydrogen-bond acceptors (Lipinski definition) is 4. The summed E-state index contributed by atoms with van der Waals surface area (Å²) in [6.07, 6.45) is 0. The lowest BCUT2D eigenvalue weighted by atomic mass is 10.0. The summed E-state index contributed by atoms with van der Waals surface area (Å²) in [5.41, 5.74) is 1.80. The number of para-hydroxylation sites is 1. The first-order valence-electron chi connectivity index (χ1n) is 7.83. The fourth-order valence-corrected chi connectivity index (χ4v) is 3.12. The molecule has 1 N–H and O–H groups in total. The van der Waals surface area contributed by atoms with E-state index in [0.717, 1.165) is 0 Å². The van der Waals surface area contributed by atoms with Gasteiger partial charge in [-0.2, -0.15) is 0 Å². The number of esters is 1. The van der Waals surface area contributed by atoms with Gasteiger partial charge in [0.15, 0.2) is 6.61 Å². The summed E-state index contributed by atoms with van der Waals surface area (Å²) in [6.45, 7) is -0.380. The van der Waals surface area contributed by atoms with Crippen molar-refractivity contribution in [2.24, 2.45) is 0 Å². The quantitative estimate of drug-likeness (QED) is 0.485. The third-order valence-electron chi connectivity index (χ3n) is 3.86. The lowest BCUT2D eigenvalue weighted by Crippen LogP contribution is -2.25. The summed E-state index contributed by atoms with van der Waals surface area (Å²) in [5.74, 6) is -1.05. The standard InChI is InChI=1S/C19H13Cl3N2O3/c1-23-16(25)9-27-19(26)12-8-15(24-14-5-3-2-4-10(12)14)11-6-7-13(20)18(22)17(11)21/h2-8H,9H2,1H3,(H,23,25). The maximum atomic E-state index is 12.6. The van der Waals surface area contributed by atoms with Crippen LogP contribution in [-0.4, -0.2) is 30.5 Å². The molecule has 1 aromatic heterocycles. The van der Waals surface area contributed by atoms with Gasteiger partial charge in [0.2, 0.25) is 0 Å². The van der Waals surface area contributed by atoms with E-state index in [1.807, 2.05) is 0 Å². The Labute approximate surface area is 170 Å². The van der Waals surface area contributed by atoms with Crippen molar-refractivity contribution in [2.75, 3.05) is 13.7 Å². The first kappa shape index (κ1) is 19.4. The van der Waals surface area contributed by atoms with Gasteiger partial charge in [0.05, 0.1) is 31.8 Å². The van der Waals surface area contributed by atoms with Gasteiger partial charge in [0.25, 0.3) is 5.91 Å². The molecule has 0 saturated heterocycles. The monoisotopic (exact) mass is 422 g/mol. The summed E-state index contributed by atoms with van der Waals surface area (Å²) in [4.78, 5) is 28.5. The Morgan fingerprint density at radius 3 is 2.56 bits per heavy atom. The SMILES string of the molecule is CNC(=O)COC(=O)c1cc(-c2ccc(Cl)c(Cl)c2Cl)nc2ccccc12. The molecule has 0 fully saturated rings. The van der Waals surface area contributed by atoms with Crippen LogP contribution in [0.2, 0.25) is 15.1 Å². The zero-order valence-electron chi connectivity index (χ0n) is 14.1. The molecule has 0 aliphatic carbocycles. The highest BCUT2D eigenvalue weighted by Crippen LogP contribution is 2.38. The average molecular weight is 424 g/mol. The van der Waals surface area contributed by atoms with Crippen LogP contribution in [0.5, 0.6) is 0 Å². The van der Waals surface area contributed by atoms with E-state index in [-0.39, 0.29) is 22.2 Å². The van der Waals surface area contributed by atoms with Gasteiger partial charge in [-0.25, -0.2) is 9.78 Å². The molecule has 0 saturated carbocycles. The number of likely N-dealkylation sites (N-methyl/N-ethyl adjacent to an activating group) is 1. The molecule has 0 atom stereocenters. The lowest BCUT2D eigenvalue weighted by Gasteiger charge is -2.11. The molecule has 3 rings (SSSR count). The van der Waals surface area contributed by atoms with Crippen LogP contribution in [0.1, 0.15) is 10.4 Å². The van der Waals surface area contributed by atoms with Gasteiger partial charge in [-0.3, -0.25) is 4.79 Å². The van der Waals surface area contributed by atoms with Crippen LogP contribution in [-0.2, 0) is 9.53 Å². The van der Waals surface area contributed by atoms with Crippen LogP contribution in [0, 0.1) is 0 Å². The molecule has 0 aliphatic heterocycles. The number of aromatic nitrogens is 1. The zero-order chi connectivity index (χ0) is 19.6. The fraction of sp³-hybridized carbons (Fsp3) is 0.105. The number of ether oxygens (including phenoxy) is 1. The smallest absolute Gasteiger partial charge is 0.339 e. The van der Waals surface area contributed by atoms with Crippen molar-refractivity contribution in [2.45, 2.75) is 0 Å². The maximum Gasteiger partial charge on any atom is 0.339 e. The first-order chi connectivity index (χ1) is 12.9. The Kier molecular flexibility index (Phi) is 5.85. The number of halogens is 3. The molecule has 5 nitrogen and oxygen atoms in total. The molecule has 0 aliphatic rings. The van der Waals surface area contributed by atoms with Crippen LogP contribution in [0.15, 0.2) is 42.5 Å². The molecule has 8 heteroatoms. The Hall–Kier alpha value is -2.34. The minimum absolute atomic E-state index is 0.203. The van der Waals surface area contributed by atoms with Crippen molar-refractivity contribution in [1.29, 1.82) is 0 Å². The number of carbonyl (C=O) groups is 2. The molecule has 1 heterocycles. The van der Waals surface area contributed by atoms with Crippen LogP contribution in [0.25, 0.3) is 22.2 Å². The molecule has 0 bridgehead atoms. The van der Waals surface area contributed by atoms with Gasteiger partial charge in [-0.1, -0.05) is 53.0 Å². The van der Waals surface area contributed by atoms with Crippen molar-refractivity contribution in [1.82, 2.24) is 10.3 Å². The Bertz CT molecular complexity index is 1050. The first-order valence-corrected chi connectivity index (χ1v) is 8.97. The molecule has 27 heavy (non-hydrogen) atoms. The summed E-state index contributed by atoms with van der Waals surface area (Å²) in [6, 6.07) is 11.9. The number of rotatable bonds is 4. The topological polar surface area (TPSA) is 68.3 Å². The van der Waals surface area contributed by atoms with E-state index in [2.05, 4.69) is 10.3 Å². The highest BCUT2D eigenvalue weighted by atomic mass is 35.5. The van der Waals surface area contributed by atoms with Gasteiger partial charge >= 0.3 is 5.97 Å². The number of nitrogens with zero attached hydrogens (tertiary/aromatic N) is 1. The largest absolute Gasteiger partial charge is 0.452 e. The molecule has 2 aromatic carbocycles. The summed E-state index contributed by atoms with van der Waals surface area (Å²) >= 11 is 18.4. The van der Waals surface area contributed by atoms with Crippen LogP contribution in [0.3, 0.4) is 0 Å². The van der Waals surface area contributed by atoms with Crippen molar-refractivity contribution in [3.8, 4) is 11.3 Å². The van der Waals surface area contributed by atoms with Crippen molar-refractivity contribution < 1.29 is 14.3 Å². The van der Waals surface area contributed by atoms with E-state index >= 15 is 0 Å². The average Bonchev–Trinajstić information content (AvgIpc) is 2.69. The van der Waals surface area contributed by atoms with E-state index in [1.54, 1.807) is 42.5 Å². The normalized spacial score (nSPS) is 10.7. The van der Waals surface area contributed by atoms with Gasteiger partial charge in [-0.15, -0.1) is 0 Å². The second-order valence-electron chi connectivity index (χ2n) is 5.54. The number of nitrogens with one attached hydrogen (secondary N) is 1. The van der Waals surface area contributed by atoms with E-state index in [0.29, 0.717) is 27.2 Å². The second-order valence-corrected chi connectivity index (χ2v) is 6.71. The third kappa shape index (κ3) is 4.00. The summed E-state index contributed by atoms with van der Waals surface area (Å²) < 4.78 is 5.09. The van der Waals surface area contributed by atoms with Gasteiger partial charge in [0, 0.05) is 18.0 Å². The van der Waals surface area contributed by atoms with Gasteiger partial charge in [0.1, 0.15) is 0 Å². The second kappa shape index (κ2) is 8.13. The zero-order valence-corrected chi connectivity index (χ0v) is 16.3. The van der Waals surface area contributed by atoms with E-state index < -0.39 is 11.9 Å². The number of carbonyl (C=O) groups excluding carboxylic acids is 2. The molecule has 138 valence electrons. The Morgan fingerprint density at radius 1 is 1.07 bits per heavy atom. The number of benzene rings is 2. The predicted octanol–water partition coefficient (Wildman–Crippen LogP) is 4.76. The molecule has 3 aromatic rings. The number of hydrogen-bond donors (Lipinski definition) is 1. The van der Waals surface area contributed by atoms with Gasteiger partial charge in [-0.05, 0) is 24.3 Å². The predicted molar refractivity (Wildman–Crippen MR) is 107 cm³/mol. The molecule has 0 spiro atoms. The molecule has 1 amide bonds. The highest BCUT2D eigenvalue weighted by Gasteiger charge is 2.18. The number of pyridine rings is 1. The van der Waals surface area contributed by atoms with Crippen molar-refractivity contribution >= 4 is 57.6 Å². The molecular formula is C19H13Cl3N2O3.